The van der Waals surface area contributed by atoms with Crippen molar-refractivity contribution in [1.82, 2.24) is 19.3 Å². The van der Waals surface area contributed by atoms with Gasteiger partial charge in [0.05, 0.1) is 5.39 Å². The summed E-state index contributed by atoms with van der Waals surface area (Å²) in [6.45, 7) is 1.59. The molecule has 1 saturated heterocycles. The first-order chi connectivity index (χ1) is 12.6. The molecule has 4 rings (SSSR count). The molecular formula is C18H25F2N5S. The van der Waals surface area contributed by atoms with Crippen LogP contribution in [0, 0.1) is 11.8 Å². The Balaban J connectivity index is 1.23. The van der Waals surface area contributed by atoms with Crippen LogP contribution in [-0.2, 0) is 0 Å². The number of hydrogen-bond donors (Lipinski definition) is 1. The smallest absolute Gasteiger partial charge is 0.241 e. The van der Waals surface area contributed by atoms with Gasteiger partial charge < -0.3 is 9.88 Å². The fourth-order valence-electron chi connectivity index (χ4n) is 3.93. The van der Waals surface area contributed by atoms with E-state index in [0.717, 1.165) is 48.5 Å². The summed E-state index contributed by atoms with van der Waals surface area (Å²) < 4.78 is 27.7. The number of H-pyrrole nitrogens is 1. The summed E-state index contributed by atoms with van der Waals surface area (Å²) in [4.78, 5) is 14.1. The molecule has 0 atom stereocenters. The van der Waals surface area contributed by atoms with Crippen molar-refractivity contribution in [3.8, 4) is 0 Å². The maximum absolute atomic E-state index is 12.7. The number of rotatable bonds is 6. The van der Waals surface area contributed by atoms with Gasteiger partial charge in [0.25, 0.3) is 0 Å². The third kappa shape index (κ3) is 3.67. The van der Waals surface area contributed by atoms with E-state index in [1.807, 2.05) is 24.2 Å². The van der Waals surface area contributed by atoms with Crippen LogP contribution in [0.4, 0.5) is 14.6 Å². The zero-order chi connectivity index (χ0) is 18.1. The van der Waals surface area contributed by atoms with Crippen molar-refractivity contribution in [3.05, 3.63) is 18.6 Å². The number of piperidine rings is 1. The highest BCUT2D eigenvalue weighted by Crippen LogP contribution is 2.38. The minimum Gasteiger partial charge on any atom is -0.356 e. The average Bonchev–Trinajstić information content (AvgIpc) is 3.09. The molecule has 0 aromatic carbocycles. The highest BCUT2D eigenvalue weighted by Gasteiger charge is 2.34. The molecule has 0 spiro atoms. The van der Waals surface area contributed by atoms with Crippen LogP contribution in [0.3, 0.4) is 0 Å². The van der Waals surface area contributed by atoms with Crippen molar-refractivity contribution < 1.29 is 8.78 Å². The summed E-state index contributed by atoms with van der Waals surface area (Å²) in [7, 11) is 2.11. The number of alkyl halides is 2. The Hall–Kier alpha value is -1.41. The van der Waals surface area contributed by atoms with Gasteiger partial charge in [-0.05, 0) is 37.7 Å². The largest absolute Gasteiger partial charge is 0.356 e. The lowest BCUT2D eigenvalue weighted by atomic mass is 9.81. The molecule has 2 aromatic rings. The molecule has 0 bridgehead atoms. The Morgan fingerprint density at radius 3 is 2.81 bits per heavy atom. The Morgan fingerprint density at radius 2 is 2.08 bits per heavy atom. The predicted molar refractivity (Wildman–Crippen MR) is 102 cm³/mol. The summed E-state index contributed by atoms with van der Waals surface area (Å²) in [5.74, 6) is 2.38. The minimum atomic E-state index is -2.15. The molecule has 0 unspecified atom stereocenters. The standard InChI is InChI=1S/C18H25F2N5S/c1-24(18-15-2-5-21-17(15)22-11-23-18)14-8-12(9-14)10-26-25-6-3-13(4-7-25)16(19)20/h2,5,11-14,16H,3-4,6-10H2,1H3,(H,21,22,23)/t12-,14+. The first-order valence-electron chi connectivity index (χ1n) is 9.28. The van der Waals surface area contributed by atoms with Gasteiger partial charge in [-0.2, -0.15) is 0 Å². The van der Waals surface area contributed by atoms with E-state index in [1.54, 1.807) is 6.33 Å². The van der Waals surface area contributed by atoms with Crippen LogP contribution in [0.15, 0.2) is 18.6 Å². The van der Waals surface area contributed by atoms with Gasteiger partial charge in [-0.1, -0.05) is 11.9 Å². The molecule has 1 N–H and O–H groups in total. The molecule has 0 radical (unpaired) electrons. The molecule has 2 aliphatic rings. The maximum Gasteiger partial charge on any atom is 0.241 e. The molecule has 1 aliphatic carbocycles. The predicted octanol–water partition coefficient (Wildman–Crippen LogP) is 3.80. The fraction of sp³-hybridized carbons (Fsp3) is 0.667. The number of aromatic amines is 1. The number of nitrogens with one attached hydrogen (secondary N) is 1. The molecule has 142 valence electrons. The van der Waals surface area contributed by atoms with E-state index >= 15 is 0 Å². The number of aromatic nitrogens is 3. The highest BCUT2D eigenvalue weighted by molar-refractivity contribution is 7.97. The van der Waals surface area contributed by atoms with Gasteiger partial charge in [-0.25, -0.2) is 18.7 Å². The van der Waals surface area contributed by atoms with E-state index < -0.39 is 12.3 Å². The zero-order valence-corrected chi connectivity index (χ0v) is 15.8. The molecule has 1 aliphatic heterocycles. The molecule has 5 nitrogen and oxygen atoms in total. The van der Waals surface area contributed by atoms with E-state index in [1.165, 1.54) is 0 Å². The monoisotopic (exact) mass is 381 g/mol. The topological polar surface area (TPSA) is 48.1 Å². The summed E-state index contributed by atoms with van der Waals surface area (Å²) >= 11 is 1.85. The van der Waals surface area contributed by atoms with Gasteiger partial charge in [0, 0.05) is 44.0 Å². The minimum absolute atomic E-state index is 0.397. The van der Waals surface area contributed by atoms with E-state index in [4.69, 9.17) is 0 Å². The molecular weight excluding hydrogens is 356 g/mol. The van der Waals surface area contributed by atoms with Gasteiger partial charge in [0.2, 0.25) is 6.43 Å². The lowest BCUT2D eigenvalue weighted by molar-refractivity contribution is 0.0504. The van der Waals surface area contributed by atoms with Gasteiger partial charge >= 0.3 is 0 Å². The third-order valence-corrected chi connectivity index (χ3v) is 7.12. The van der Waals surface area contributed by atoms with Crippen molar-refractivity contribution in [2.45, 2.75) is 38.2 Å². The normalized spacial score (nSPS) is 24.9. The SMILES string of the molecule is CN(c1ncnc2[nH]ccc12)[C@H]1C[C@@H](CSN2CCC(C(F)F)CC2)C1. The molecule has 1 saturated carbocycles. The first kappa shape index (κ1) is 18.0. The second kappa shape index (κ2) is 7.68. The number of fused-ring (bicyclic) bond motifs is 1. The summed E-state index contributed by atoms with van der Waals surface area (Å²) in [6, 6.07) is 2.54. The third-order valence-electron chi connectivity index (χ3n) is 5.77. The van der Waals surface area contributed by atoms with Crippen LogP contribution < -0.4 is 4.90 Å². The quantitative estimate of drug-likeness (QED) is 0.772. The number of hydrogen-bond acceptors (Lipinski definition) is 5. The van der Waals surface area contributed by atoms with E-state index in [9.17, 15) is 8.78 Å². The van der Waals surface area contributed by atoms with Crippen LogP contribution in [0.25, 0.3) is 11.0 Å². The summed E-state index contributed by atoms with van der Waals surface area (Å²) in [5, 5.41) is 1.06. The fourth-order valence-corrected chi connectivity index (χ4v) is 5.10. The lowest BCUT2D eigenvalue weighted by Crippen LogP contribution is -2.44. The van der Waals surface area contributed by atoms with Gasteiger partial charge in [-0.15, -0.1) is 0 Å². The summed E-state index contributed by atoms with van der Waals surface area (Å²) in [5.41, 5.74) is 0.875. The molecule has 2 aromatic heterocycles. The van der Waals surface area contributed by atoms with E-state index in [2.05, 4.69) is 31.2 Å². The van der Waals surface area contributed by atoms with Gasteiger partial charge in [0.15, 0.2) is 0 Å². The zero-order valence-electron chi connectivity index (χ0n) is 14.9. The van der Waals surface area contributed by atoms with Gasteiger partial charge in [0.1, 0.15) is 17.8 Å². The first-order valence-corrected chi connectivity index (χ1v) is 10.2. The Labute approximate surface area is 156 Å². The van der Waals surface area contributed by atoms with Crippen molar-refractivity contribution in [3.63, 3.8) is 0 Å². The molecule has 26 heavy (non-hydrogen) atoms. The highest BCUT2D eigenvalue weighted by atomic mass is 32.2. The van der Waals surface area contributed by atoms with Crippen LogP contribution in [0.2, 0.25) is 0 Å². The molecule has 2 fully saturated rings. The van der Waals surface area contributed by atoms with E-state index in [0.29, 0.717) is 24.8 Å². The number of nitrogens with zero attached hydrogens (tertiary/aromatic N) is 4. The molecule has 3 heterocycles. The van der Waals surface area contributed by atoms with Crippen LogP contribution >= 0.6 is 11.9 Å². The summed E-state index contributed by atoms with van der Waals surface area (Å²) in [6.07, 6.45) is 4.92. The number of halogens is 2. The molecule has 8 heteroatoms. The van der Waals surface area contributed by atoms with Crippen molar-refractivity contribution in [2.24, 2.45) is 11.8 Å². The Kier molecular flexibility index (Phi) is 5.31. The van der Waals surface area contributed by atoms with Crippen molar-refractivity contribution in [1.29, 1.82) is 0 Å². The van der Waals surface area contributed by atoms with Crippen molar-refractivity contribution >= 4 is 28.8 Å². The second-order valence-electron chi connectivity index (χ2n) is 7.44. The van der Waals surface area contributed by atoms with E-state index in [-0.39, 0.29) is 0 Å². The second-order valence-corrected chi connectivity index (χ2v) is 8.54. The van der Waals surface area contributed by atoms with Crippen molar-refractivity contribution in [2.75, 3.05) is 30.8 Å². The molecule has 0 amide bonds. The van der Waals surface area contributed by atoms with Gasteiger partial charge in [-0.3, -0.25) is 4.31 Å². The number of anilines is 1. The van der Waals surface area contributed by atoms with Crippen LogP contribution in [0.5, 0.6) is 0 Å². The maximum atomic E-state index is 12.7. The lowest BCUT2D eigenvalue weighted by Gasteiger charge is -2.42. The van der Waals surface area contributed by atoms with Crippen LogP contribution in [0.1, 0.15) is 25.7 Å². The Bertz CT molecular complexity index is 725. The Morgan fingerprint density at radius 1 is 1.31 bits per heavy atom. The van der Waals surface area contributed by atoms with Crippen LogP contribution in [-0.4, -0.2) is 57.6 Å². The average molecular weight is 381 g/mol.